The first-order valence-electron chi connectivity index (χ1n) is 6.42. The maximum absolute atomic E-state index is 12.0. The number of carbonyl (C=O) groups excluding carboxylic acids is 1. The molecule has 0 radical (unpaired) electrons. The molecule has 0 unspecified atom stereocenters. The van der Waals surface area contributed by atoms with Crippen LogP contribution in [0.5, 0.6) is 0 Å². The van der Waals surface area contributed by atoms with E-state index in [2.05, 4.69) is 0 Å². The number of nitrogens with zero attached hydrogens (tertiary/aromatic N) is 1. The van der Waals surface area contributed by atoms with Crippen LogP contribution >= 0.6 is 0 Å². The van der Waals surface area contributed by atoms with Crippen LogP contribution in [0.2, 0.25) is 0 Å². The highest BCUT2D eigenvalue weighted by molar-refractivity contribution is 7.85. The summed E-state index contributed by atoms with van der Waals surface area (Å²) in [7, 11) is -3.42. The third kappa shape index (κ3) is 6.24. The van der Waals surface area contributed by atoms with Crippen molar-refractivity contribution in [1.29, 1.82) is 0 Å². The molecule has 0 N–H and O–H groups in total. The molecule has 1 amide bonds. The predicted octanol–water partition coefficient (Wildman–Crippen LogP) is 1.75. The molecule has 1 fully saturated rings. The van der Waals surface area contributed by atoms with Gasteiger partial charge in [-0.05, 0) is 40.0 Å². The lowest BCUT2D eigenvalue weighted by atomic mass is 10.1. The maximum atomic E-state index is 12.0. The molecule has 0 aromatic carbocycles. The third-order valence-electron chi connectivity index (χ3n) is 2.75. The highest BCUT2D eigenvalue weighted by Crippen LogP contribution is 2.23. The van der Waals surface area contributed by atoms with Crippen molar-refractivity contribution in [2.45, 2.75) is 51.7 Å². The second-order valence-electron chi connectivity index (χ2n) is 5.78. The molecular formula is C12H23NO5S. The summed E-state index contributed by atoms with van der Waals surface area (Å²) >= 11 is 0. The standard InChI is InChI=1S/C12H23NO5S/c1-12(2,3)18-11(14)13-8-5-6-10(13)7-9-17-19(4,15)16/h10H,5-9H2,1-4H3/t10-/m1/s1. The molecule has 1 atom stereocenters. The van der Waals surface area contributed by atoms with Gasteiger partial charge in [-0.25, -0.2) is 4.79 Å². The van der Waals surface area contributed by atoms with E-state index in [1.807, 2.05) is 20.8 Å². The zero-order chi connectivity index (χ0) is 14.7. The highest BCUT2D eigenvalue weighted by atomic mass is 32.2. The van der Waals surface area contributed by atoms with E-state index in [4.69, 9.17) is 8.92 Å². The molecule has 6 nitrogen and oxygen atoms in total. The number of carbonyl (C=O) groups is 1. The zero-order valence-corrected chi connectivity index (χ0v) is 12.8. The van der Waals surface area contributed by atoms with E-state index in [-0.39, 0.29) is 18.7 Å². The summed E-state index contributed by atoms with van der Waals surface area (Å²) in [6.45, 7) is 6.22. The Labute approximate surface area is 115 Å². The van der Waals surface area contributed by atoms with Gasteiger partial charge in [-0.2, -0.15) is 8.42 Å². The number of ether oxygens (including phenoxy) is 1. The van der Waals surface area contributed by atoms with Crippen LogP contribution in [0.15, 0.2) is 0 Å². The Kier molecular flexibility index (Phi) is 5.20. The van der Waals surface area contributed by atoms with Crippen LogP contribution in [0.25, 0.3) is 0 Å². The largest absolute Gasteiger partial charge is 0.444 e. The fraction of sp³-hybridized carbons (Fsp3) is 0.917. The van der Waals surface area contributed by atoms with Crippen molar-refractivity contribution in [3.8, 4) is 0 Å². The van der Waals surface area contributed by atoms with Gasteiger partial charge in [-0.3, -0.25) is 4.18 Å². The molecule has 0 spiro atoms. The summed E-state index contributed by atoms with van der Waals surface area (Å²) in [4.78, 5) is 13.6. The van der Waals surface area contributed by atoms with Crippen LogP contribution in [-0.2, 0) is 19.0 Å². The number of likely N-dealkylation sites (tertiary alicyclic amines) is 1. The van der Waals surface area contributed by atoms with Crippen molar-refractivity contribution in [2.75, 3.05) is 19.4 Å². The van der Waals surface area contributed by atoms with Crippen molar-refractivity contribution >= 4 is 16.2 Å². The Morgan fingerprint density at radius 1 is 1.37 bits per heavy atom. The van der Waals surface area contributed by atoms with Gasteiger partial charge in [-0.1, -0.05) is 0 Å². The predicted molar refractivity (Wildman–Crippen MR) is 71.4 cm³/mol. The van der Waals surface area contributed by atoms with Gasteiger partial charge in [0.05, 0.1) is 12.9 Å². The highest BCUT2D eigenvalue weighted by Gasteiger charge is 2.31. The van der Waals surface area contributed by atoms with E-state index in [0.717, 1.165) is 19.1 Å². The lowest BCUT2D eigenvalue weighted by Crippen LogP contribution is -2.40. The summed E-state index contributed by atoms with van der Waals surface area (Å²) in [6.07, 6.45) is 2.95. The topological polar surface area (TPSA) is 72.9 Å². The molecule has 1 aliphatic rings. The van der Waals surface area contributed by atoms with Gasteiger partial charge in [0.1, 0.15) is 5.60 Å². The molecule has 1 saturated heterocycles. The molecule has 0 saturated carbocycles. The second-order valence-corrected chi connectivity index (χ2v) is 7.43. The normalized spacial score (nSPS) is 20.6. The van der Waals surface area contributed by atoms with Crippen LogP contribution < -0.4 is 0 Å². The van der Waals surface area contributed by atoms with Gasteiger partial charge < -0.3 is 9.64 Å². The van der Waals surface area contributed by atoms with E-state index in [9.17, 15) is 13.2 Å². The molecule has 112 valence electrons. The Morgan fingerprint density at radius 3 is 2.53 bits per heavy atom. The molecule has 7 heteroatoms. The Morgan fingerprint density at radius 2 is 2.00 bits per heavy atom. The fourth-order valence-electron chi connectivity index (χ4n) is 2.03. The Balaban J connectivity index is 2.48. The minimum Gasteiger partial charge on any atom is -0.444 e. The van der Waals surface area contributed by atoms with Crippen molar-refractivity contribution in [2.24, 2.45) is 0 Å². The molecule has 19 heavy (non-hydrogen) atoms. The van der Waals surface area contributed by atoms with E-state index in [1.54, 1.807) is 4.90 Å². The summed E-state index contributed by atoms with van der Waals surface area (Å²) in [5.41, 5.74) is -0.520. The van der Waals surface area contributed by atoms with Crippen molar-refractivity contribution in [1.82, 2.24) is 4.90 Å². The smallest absolute Gasteiger partial charge is 0.410 e. The van der Waals surface area contributed by atoms with Crippen LogP contribution in [-0.4, -0.2) is 50.5 Å². The fourth-order valence-corrected chi connectivity index (χ4v) is 2.43. The Bertz CT molecular complexity index is 412. The monoisotopic (exact) mass is 293 g/mol. The van der Waals surface area contributed by atoms with E-state index in [0.29, 0.717) is 13.0 Å². The third-order valence-corrected chi connectivity index (χ3v) is 3.35. The van der Waals surface area contributed by atoms with Crippen LogP contribution in [0.4, 0.5) is 4.79 Å². The number of hydrogen-bond acceptors (Lipinski definition) is 5. The van der Waals surface area contributed by atoms with Crippen molar-refractivity contribution in [3.05, 3.63) is 0 Å². The second kappa shape index (κ2) is 6.09. The SMILES string of the molecule is CC(C)(C)OC(=O)N1CCC[C@@H]1CCOS(C)(=O)=O. The minimum atomic E-state index is -3.42. The Hall–Kier alpha value is -0.820. The first kappa shape index (κ1) is 16.2. The van der Waals surface area contributed by atoms with Gasteiger partial charge >= 0.3 is 6.09 Å². The first-order valence-corrected chi connectivity index (χ1v) is 8.24. The van der Waals surface area contributed by atoms with Crippen LogP contribution in [0, 0.1) is 0 Å². The van der Waals surface area contributed by atoms with E-state index < -0.39 is 15.7 Å². The average molecular weight is 293 g/mol. The zero-order valence-electron chi connectivity index (χ0n) is 12.0. The van der Waals surface area contributed by atoms with Crippen molar-refractivity contribution in [3.63, 3.8) is 0 Å². The lowest BCUT2D eigenvalue weighted by molar-refractivity contribution is 0.0212. The molecule has 1 aliphatic heterocycles. The summed E-state index contributed by atoms with van der Waals surface area (Å²) in [5, 5.41) is 0. The molecule has 0 aromatic rings. The van der Waals surface area contributed by atoms with E-state index in [1.165, 1.54) is 0 Å². The first-order chi connectivity index (χ1) is 8.58. The summed E-state index contributed by atoms with van der Waals surface area (Å²) in [5.74, 6) is 0. The molecule has 1 rings (SSSR count). The molecule has 0 aromatic heterocycles. The quantitative estimate of drug-likeness (QED) is 0.738. The van der Waals surface area contributed by atoms with Crippen molar-refractivity contribution < 1.29 is 22.1 Å². The van der Waals surface area contributed by atoms with Gasteiger partial charge in [-0.15, -0.1) is 0 Å². The van der Waals surface area contributed by atoms with E-state index >= 15 is 0 Å². The van der Waals surface area contributed by atoms with Gasteiger partial charge in [0.2, 0.25) is 0 Å². The van der Waals surface area contributed by atoms with Gasteiger partial charge in [0.15, 0.2) is 0 Å². The number of hydrogen-bond donors (Lipinski definition) is 0. The maximum Gasteiger partial charge on any atom is 0.410 e. The minimum absolute atomic E-state index is 0.00315. The lowest BCUT2D eigenvalue weighted by Gasteiger charge is -2.28. The molecule has 0 bridgehead atoms. The summed E-state index contributed by atoms with van der Waals surface area (Å²) < 4.78 is 31.8. The van der Waals surface area contributed by atoms with Gasteiger partial charge in [0, 0.05) is 12.6 Å². The summed E-state index contributed by atoms with van der Waals surface area (Å²) in [6, 6.07) is -0.00315. The van der Waals surface area contributed by atoms with Crippen LogP contribution in [0.1, 0.15) is 40.0 Å². The van der Waals surface area contributed by atoms with Gasteiger partial charge in [0.25, 0.3) is 10.1 Å². The molecule has 1 heterocycles. The number of amides is 1. The molecule has 0 aliphatic carbocycles. The number of rotatable bonds is 4. The average Bonchev–Trinajstić information content (AvgIpc) is 2.61. The molecular weight excluding hydrogens is 270 g/mol. The van der Waals surface area contributed by atoms with Crippen LogP contribution in [0.3, 0.4) is 0 Å².